The summed E-state index contributed by atoms with van der Waals surface area (Å²) in [6.07, 6.45) is 7.40. The number of unbranched alkanes of at least 4 members (excludes halogenated alkanes) is 5. The van der Waals surface area contributed by atoms with Gasteiger partial charge in [-0.25, -0.2) is 9.59 Å². The van der Waals surface area contributed by atoms with E-state index in [1.807, 2.05) is 0 Å². The summed E-state index contributed by atoms with van der Waals surface area (Å²) >= 11 is 0. The number of rotatable bonds is 11. The van der Waals surface area contributed by atoms with Gasteiger partial charge in [-0.1, -0.05) is 39.5 Å². The van der Waals surface area contributed by atoms with Gasteiger partial charge in [0, 0.05) is 24.3 Å². The van der Waals surface area contributed by atoms with Gasteiger partial charge in [-0.15, -0.1) is 0 Å². The van der Waals surface area contributed by atoms with Crippen molar-refractivity contribution in [2.24, 2.45) is 0 Å². The van der Waals surface area contributed by atoms with Crippen LogP contribution in [0.4, 0.5) is 0 Å². The Balaban J connectivity index is 0.000000504. The van der Waals surface area contributed by atoms with E-state index in [1.54, 1.807) is 13.8 Å². The van der Waals surface area contributed by atoms with E-state index in [0.29, 0.717) is 37.2 Å². The number of carboxylic acids is 2. The van der Waals surface area contributed by atoms with E-state index >= 15 is 0 Å². The molecule has 0 aliphatic rings. The molecule has 0 bridgehead atoms. The van der Waals surface area contributed by atoms with Crippen LogP contribution in [-0.2, 0) is 12.8 Å². The second-order valence-corrected chi connectivity index (χ2v) is 5.60. The first-order valence-corrected chi connectivity index (χ1v) is 8.77. The van der Waals surface area contributed by atoms with Crippen molar-refractivity contribution in [1.82, 2.24) is 0 Å². The first-order valence-electron chi connectivity index (χ1n) is 8.77. The molecule has 0 atom stereocenters. The van der Waals surface area contributed by atoms with Gasteiger partial charge in [0.05, 0.1) is 0 Å². The number of furan rings is 1. The molecule has 1 rings (SSSR count). The van der Waals surface area contributed by atoms with Crippen LogP contribution in [0.3, 0.4) is 0 Å². The van der Waals surface area contributed by atoms with Crippen LogP contribution < -0.4 is 0 Å². The van der Waals surface area contributed by atoms with Crippen LogP contribution in [0.1, 0.15) is 84.6 Å². The van der Waals surface area contributed by atoms with Gasteiger partial charge in [0.2, 0.25) is 11.5 Å². The second-order valence-electron chi connectivity index (χ2n) is 5.60. The fraction of sp³-hybridized carbons (Fsp3) is 0.667. The molecule has 0 aliphatic carbocycles. The van der Waals surface area contributed by atoms with Crippen LogP contribution in [0.2, 0.25) is 0 Å². The van der Waals surface area contributed by atoms with E-state index in [-0.39, 0.29) is 11.5 Å². The van der Waals surface area contributed by atoms with E-state index in [1.165, 1.54) is 12.8 Å². The fourth-order valence-corrected chi connectivity index (χ4v) is 2.52. The van der Waals surface area contributed by atoms with Crippen LogP contribution in [0, 0.1) is 0 Å². The summed E-state index contributed by atoms with van der Waals surface area (Å²) in [5, 5.41) is 34.5. The molecule has 0 spiro atoms. The van der Waals surface area contributed by atoms with Crippen molar-refractivity contribution in [3.05, 3.63) is 22.6 Å². The maximum atomic E-state index is 10.8. The highest BCUT2D eigenvalue weighted by Crippen LogP contribution is 2.24. The molecule has 0 saturated carbocycles. The Kier molecular flexibility index (Phi) is 12.4. The largest absolute Gasteiger partial charge is 0.475 e. The van der Waals surface area contributed by atoms with Crippen molar-refractivity contribution in [3.8, 4) is 0 Å². The van der Waals surface area contributed by atoms with Gasteiger partial charge in [0.25, 0.3) is 0 Å². The van der Waals surface area contributed by atoms with E-state index < -0.39 is 11.9 Å². The predicted molar refractivity (Wildman–Crippen MR) is 93.3 cm³/mol. The minimum Gasteiger partial charge on any atom is -0.475 e. The zero-order valence-electron chi connectivity index (χ0n) is 15.1. The van der Waals surface area contributed by atoms with Crippen LogP contribution in [-0.4, -0.2) is 45.6 Å². The third-order valence-corrected chi connectivity index (χ3v) is 3.78. The maximum absolute atomic E-state index is 10.8. The van der Waals surface area contributed by atoms with Gasteiger partial charge >= 0.3 is 11.9 Å². The van der Waals surface area contributed by atoms with Crippen molar-refractivity contribution in [1.29, 1.82) is 0 Å². The molecule has 0 saturated heterocycles. The zero-order valence-corrected chi connectivity index (χ0v) is 15.1. The average molecular weight is 358 g/mol. The minimum atomic E-state index is -1.23. The standard InChI is InChI=1S/C10H12O5.C8H18O2/c1-3-5-6(4-2)8(10(13)14)15-7(5)9(11)12;9-7-5-3-1-2-4-6-8-10/h3-4H2,1-2H3,(H,11,12)(H,13,14);9-10H,1-8H2. The van der Waals surface area contributed by atoms with Gasteiger partial charge in [0.15, 0.2) is 0 Å². The van der Waals surface area contributed by atoms with Crippen molar-refractivity contribution < 1.29 is 34.4 Å². The molecule has 0 aliphatic heterocycles. The Morgan fingerprint density at radius 3 is 1.28 bits per heavy atom. The van der Waals surface area contributed by atoms with Crippen LogP contribution in [0.15, 0.2) is 4.42 Å². The third-order valence-electron chi connectivity index (χ3n) is 3.78. The molecule has 0 aromatic carbocycles. The summed E-state index contributed by atoms with van der Waals surface area (Å²) < 4.78 is 4.85. The molecule has 1 aromatic rings. The number of aromatic carboxylic acids is 2. The molecule has 4 N–H and O–H groups in total. The van der Waals surface area contributed by atoms with Crippen LogP contribution in [0.25, 0.3) is 0 Å². The first-order chi connectivity index (χ1) is 11.9. The smallest absolute Gasteiger partial charge is 0.372 e. The summed E-state index contributed by atoms with van der Waals surface area (Å²) in [6.45, 7) is 4.17. The van der Waals surface area contributed by atoms with Crippen molar-refractivity contribution in [3.63, 3.8) is 0 Å². The number of aliphatic hydroxyl groups excluding tert-OH is 2. The normalized spacial score (nSPS) is 10.2. The number of carbonyl (C=O) groups is 2. The summed E-state index contributed by atoms with van der Waals surface area (Å²) in [5.41, 5.74) is 0.949. The van der Waals surface area contributed by atoms with Gasteiger partial charge in [-0.05, 0) is 25.7 Å². The van der Waals surface area contributed by atoms with Crippen molar-refractivity contribution in [2.45, 2.75) is 65.2 Å². The van der Waals surface area contributed by atoms with Crippen LogP contribution >= 0.6 is 0 Å². The molecule has 1 heterocycles. The molecule has 144 valence electrons. The number of aliphatic hydroxyl groups is 2. The lowest BCUT2D eigenvalue weighted by Gasteiger charge is -1.97. The highest BCUT2D eigenvalue weighted by atomic mass is 16.4. The van der Waals surface area contributed by atoms with Gasteiger partial charge < -0.3 is 24.8 Å². The molecular formula is C18H30O7. The van der Waals surface area contributed by atoms with E-state index in [2.05, 4.69) is 0 Å². The SMILES string of the molecule is CCc1c(C(=O)O)oc(C(=O)O)c1CC.OCCCCCCCCO. The molecule has 0 unspecified atom stereocenters. The Bertz CT molecular complexity index is 475. The maximum Gasteiger partial charge on any atom is 0.372 e. The number of carboxylic acid groups (broad SMARTS) is 2. The summed E-state index contributed by atoms with van der Waals surface area (Å²) in [4.78, 5) is 21.6. The van der Waals surface area contributed by atoms with Gasteiger partial charge in [-0.2, -0.15) is 0 Å². The predicted octanol–water partition coefficient (Wildman–Crippen LogP) is 3.11. The van der Waals surface area contributed by atoms with Gasteiger partial charge in [0.1, 0.15) is 0 Å². The highest BCUT2D eigenvalue weighted by molar-refractivity contribution is 5.92. The molecule has 1 aromatic heterocycles. The lowest BCUT2D eigenvalue weighted by Crippen LogP contribution is -2.00. The lowest BCUT2D eigenvalue weighted by atomic mass is 10.0. The molecule has 7 heteroatoms. The van der Waals surface area contributed by atoms with E-state index in [4.69, 9.17) is 24.8 Å². The Hall–Kier alpha value is -1.86. The van der Waals surface area contributed by atoms with Crippen molar-refractivity contribution >= 4 is 11.9 Å². The quantitative estimate of drug-likeness (QED) is 0.447. The minimum absolute atomic E-state index is 0.258. The summed E-state index contributed by atoms with van der Waals surface area (Å²) in [5.74, 6) is -2.97. The topological polar surface area (TPSA) is 128 Å². The Morgan fingerprint density at radius 2 is 1.04 bits per heavy atom. The van der Waals surface area contributed by atoms with Crippen molar-refractivity contribution in [2.75, 3.05) is 13.2 Å². The Morgan fingerprint density at radius 1 is 0.720 bits per heavy atom. The Labute approximate surface area is 148 Å². The molecule has 0 amide bonds. The molecule has 25 heavy (non-hydrogen) atoms. The first kappa shape index (κ1) is 23.1. The van der Waals surface area contributed by atoms with Crippen LogP contribution in [0.5, 0.6) is 0 Å². The average Bonchev–Trinajstić information content (AvgIpc) is 2.97. The van der Waals surface area contributed by atoms with Gasteiger partial charge in [-0.3, -0.25) is 0 Å². The number of hydrogen-bond acceptors (Lipinski definition) is 5. The third kappa shape index (κ3) is 8.18. The zero-order chi connectivity index (χ0) is 19.2. The summed E-state index contributed by atoms with van der Waals surface area (Å²) in [7, 11) is 0. The highest BCUT2D eigenvalue weighted by Gasteiger charge is 2.25. The second kappa shape index (κ2) is 13.4. The van der Waals surface area contributed by atoms with E-state index in [9.17, 15) is 9.59 Å². The molecule has 7 nitrogen and oxygen atoms in total. The lowest BCUT2D eigenvalue weighted by molar-refractivity contribution is 0.0630. The number of hydrogen-bond donors (Lipinski definition) is 4. The monoisotopic (exact) mass is 358 g/mol. The molecular weight excluding hydrogens is 328 g/mol. The van der Waals surface area contributed by atoms with E-state index in [0.717, 1.165) is 25.7 Å². The molecule has 0 fully saturated rings. The molecule has 0 radical (unpaired) electrons. The fourth-order valence-electron chi connectivity index (χ4n) is 2.52. The summed E-state index contributed by atoms with van der Waals surface area (Å²) in [6, 6.07) is 0.